The van der Waals surface area contributed by atoms with E-state index in [4.69, 9.17) is 4.74 Å². The number of ether oxygens (including phenoxy) is 1. The minimum absolute atomic E-state index is 0.265. The zero-order valence-electron chi connectivity index (χ0n) is 10.2. The summed E-state index contributed by atoms with van der Waals surface area (Å²) >= 11 is 1.83. The van der Waals surface area contributed by atoms with E-state index in [1.165, 1.54) is 5.56 Å². The zero-order valence-corrected chi connectivity index (χ0v) is 11.0. The van der Waals surface area contributed by atoms with E-state index in [2.05, 4.69) is 6.26 Å². The Labute approximate surface area is 107 Å². The van der Waals surface area contributed by atoms with Gasteiger partial charge in [-0.2, -0.15) is 11.8 Å². The van der Waals surface area contributed by atoms with Crippen LogP contribution in [-0.4, -0.2) is 24.4 Å². The number of hydrogen-bond donors (Lipinski definition) is 0. The maximum absolute atomic E-state index is 11.8. The van der Waals surface area contributed by atoms with Crippen LogP contribution in [0.1, 0.15) is 35.2 Å². The Morgan fingerprint density at radius 3 is 3.06 bits per heavy atom. The van der Waals surface area contributed by atoms with Gasteiger partial charge in [-0.25, -0.2) is 0 Å². The second kappa shape index (κ2) is 6.10. The predicted molar refractivity (Wildman–Crippen MR) is 72.2 cm³/mol. The SMILES string of the molecule is CSCCCOc1ccc2c(c1)C(=O)CCC2. The number of hydrogen-bond acceptors (Lipinski definition) is 3. The van der Waals surface area contributed by atoms with Gasteiger partial charge in [-0.15, -0.1) is 0 Å². The van der Waals surface area contributed by atoms with E-state index in [9.17, 15) is 4.79 Å². The third kappa shape index (κ3) is 3.25. The summed E-state index contributed by atoms with van der Waals surface area (Å²) < 4.78 is 5.66. The topological polar surface area (TPSA) is 26.3 Å². The minimum Gasteiger partial charge on any atom is -0.494 e. The maximum atomic E-state index is 11.8. The van der Waals surface area contributed by atoms with Crippen molar-refractivity contribution < 1.29 is 9.53 Å². The fraction of sp³-hybridized carbons (Fsp3) is 0.500. The molecule has 0 radical (unpaired) electrons. The first-order valence-electron chi connectivity index (χ1n) is 6.09. The predicted octanol–water partition coefficient (Wildman–Crippen LogP) is 3.34. The second-order valence-electron chi connectivity index (χ2n) is 4.29. The standard InChI is InChI=1S/C14H18O2S/c1-17-9-3-8-16-12-7-6-11-4-2-5-14(15)13(11)10-12/h6-7,10H,2-5,8-9H2,1H3. The summed E-state index contributed by atoms with van der Waals surface area (Å²) in [4.78, 5) is 11.8. The van der Waals surface area contributed by atoms with Crippen molar-refractivity contribution in [1.29, 1.82) is 0 Å². The fourth-order valence-corrected chi connectivity index (χ4v) is 2.50. The molecule has 0 aliphatic heterocycles. The summed E-state index contributed by atoms with van der Waals surface area (Å²) in [6, 6.07) is 5.93. The van der Waals surface area contributed by atoms with Crippen LogP contribution in [0.15, 0.2) is 18.2 Å². The van der Waals surface area contributed by atoms with Gasteiger partial charge in [-0.05, 0) is 49.0 Å². The van der Waals surface area contributed by atoms with Gasteiger partial charge in [0.1, 0.15) is 5.75 Å². The molecular formula is C14H18O2S. The molecule has 1 aromatic rings. The maximum Gasteiger partial charge on any atom is 0.163 e. The Balaban J connectivity index is 2.00. The van der Waals surface area contributed by atoms with E-state index >= 15 is 0 Å². The molecule has 2 nitrogen and oxygen atoms in total. The van der Waals surface area contributed by atoms with E-state index < -0.39 is 0 Å². The van der Waals surface area contributed by atoms with Gasteiger partial charge in [0.25, 0.3) is 0 Å². The highest BCUT2D eigenvalue weighted by Gasteiger charge is 2.17. The lowest BCUT2D eigenvalue weighted by molar-refractivity contribution is 0.0972. The average Bonchev–Trinajstić information content (AvgIpc) is 2.36. The molecule has 0 aromatic heterocycles. The van der Waals surface area contributed by atoms with Crippen LogP contribution in [0, 0.1) is 0 Å². The lowest BCUT2D eigenvalue weighted by Crippen LogP contribution is -2.11. The molecule has 0 amide bonds. The number of benzene rings is 1. The highest BCUT2D eigenvalue weighted by Crippen LogP contribution is 2.25. The Bertz CT molecular complexity index is 401. The summed E-state index contributed by atoms with van der Waals surface area (Å²) in [6.45, 7) is 0.730. The first-order chi connectivity index (χ1) is 8.31. The summed E-state index contributed by atoms with van der Waals surface area (Å²) in [5.41, 5.74) is 2.05. The molecule has 0 saturated carbocycles. The molecule has 0 atom stereocenters. The third-order valence-electron chi connectivity index (χ3n) is 2.99. The van der Waals surface area contributed by atoms with Crippen LogP contribution in [0.4, 0.5) is 0 Å². The largest absolute Gasteiger partial charge is 0.494 e. The first-order valence-corrected chi connectivity index (χ1v) is 7.48. The average molecular weight is 250 g/mol. The van der Waals surface area contributed by atoms with Gasteiger partial charge < -0.3 is 4.74 Å². The number of rotatable bonds is 5. The molecule has 0 unspecified atom stereocenters. The third-order valence-corrected chi connectivity index (χ3v) is 3.69. The number of ketones is 1. The van der Waals surface area contributed by atoms with E-state index in [1.54, 1.807) is 0 Å². The number of thioether (sulfide) groups is 1. The van der Waals surface area contributed by atoms with Crippen LogP contribution >= 0.6 is 11.8 Å². The van der Waals surface area contributed by atoms with Crippen molar-refractivity contribution in [3.63, 3.8) is 0 Å². The minimum atomic E-state index is 0.265. The van der Waals surface area contributed by atoms with Gasteiger partial charge in [0, 0.05) is 12.0 Å². The fourth-order valence-electron chi connectivity index (χ4n) is 2.09. The van der Waals surface area contributed by atoms with Crippen LogP contribution in [-0.2, 0) is 6.42 Å². The molecule has 0 spiro atoms. The van der Waals surface area contributed by atoms with Crippen LogP contribution in [0.2, 0.25) is 0 Å². The first kappa shape index (κ1) is 12.5. The molecule has 0 bridgehead atoms. The van der Waals surface area contributed by atoms with Crippen molar-refractivity contribution in [2.75, 3.05) is 18.6 Å². The number of carbonyl (C=O) groups is 1. The van der Waals surface area contributed by atoms with Gasteiger partial charge in [0.05, 0.1) is 6.61 Å². The molecule has 0 N–H and O–H groups in total. The number of carbonyl (C=O) groups excluding carboxylic acids is 1. The molecule has 1 aliphatic rings. The summed E-state index contributed by atoms with van der Waals surface area (Å²) in [7, 11) is 0. The van der Waals surface area contributed by atoms with Crippen molar-refractivity contribution >= 4 is 17.5 Å². The van der Waals surface area contributed by atoms with Crippen molar-refractivity contribution in [3.05, 3.63) is 29.3 Å². The van der Waals surface area contributed by atoms with Gasteiger partial charge in [0.2, 0.25) is 0 Å². The quantitative estimate of drug-likeness (QED) is 0.750. The van der Waals surface area contributed by atoms with Gasteiger partial charge in [-0.1, -0.05) is 6.07 Å². The van der Waals surface area contributed by atoms with Crippen molar-refractivity contribution in [2.45, 2.75) is 25.7 Å². The van der Waals surface area contributed by atoms with Gasteiger partial charge in [0.15, 0.2) is 5.78 Å². The normalized spacial score (nSPS) is 14.5. The smallest absolute Gasteiger partial charge is 0.163 e. The molecule has 1 aliphatic carbocycles. The van der Waals surface area contributed by atoms with E-state index in [-0.39, 0.29) is 5.78 Å². The molecule has 92 valence electrons. The van der Waals surface area contributed by atoms with E-state index in [0.717, 1.165) is 42.9 Å². The van der Waals surface area contributed by atoms with Crippen molar-refractivity contribution in [1.82, 2.24) is 0 Å². The lowest BCUT2D eigenvalue weighted by Gasteiger charge is -2.15. The van der Waals surface area contributed by atoms with Crippen LogP contribution in [0.25, 0.3) is 0 Å². The van der Waals surface area contributed by atoms with E-state index in [1.807, 2.05) is 30.0 Å². The highest BCUT2D eigenvalue weighted by molar-refractivity contribution is 7.98. The van der Waals surface area contributed by atoms with Crippen LogP contribution in [0.5, 0.6) is 5.75 Å². The molecule has 0 heterocycles. The molecular weight excluding hydrogens is 232 g/mol. The highest BCUT2D eigenvalue weighted by atomic mass is 32.2. The number of aryl methyl sites for hydroxylation is 1. The molecule has 17 heavy (non-hydrogen) atoms. The Kier molecular flexibility index (Phi) is 4.49. The monoisotopic (exact) mass is 250 g/mol. The zero-order chi connectivity index (χ0) is 12.1. The summed E-state index contributed by atoms with van der Waals surface area (Å²) in [5, 5.41) is 0. The van der Waals surface area contributed by atoms with Crippen molar-refractivity contribution in [3.8, 4) is 5.75 Å². The van der Waals surface area contributed by atoms with Gasteiger partial charge >= 0.3 is 0 Å². The summed E-state index contributed by atoms with van der Waals surface area (Å²) in [6.07, 6.45) is 5.83. The molecule has 3 heteroatoms. The van der Waals surface area contributed by atoms with Crippen LogP contribution < -0.4 is 4.74 Å². The molecule has 0 fully saturated rings. The molecule has 1 aromatic carbocycles. The Hall–Kier alpha value is -0.960. The number of Topliss-reactive ketones (excluding diaryl/α,β-unsaturated/α-hetero) is 1. The molecule has 2 rings (SSSR count). The Morgan fingerprint density at radius 2 is 2.24 bits per heavy atom. The van der Waals surface area contributed by atoms with Crippen LogP contribution in [0.3, 0.4) is 0 Å². The summed E-state index contributed by atoms with van der Waals surface area (Å²) in [5.74, 6) is 2.21. The van der Waals surface area contributed by atoms with E-state index in [0.29, 0.717) is 6.42 Å². The number of fused-ring (bicyclic) bond motifs is 1. The molecule has 0 saturated heterocycles. The lowest BCUT2D eigenvalue weighted by atomic mass is 9.90. The van der Waals surface area contributed by atoms with Gasteiger partial charge in [-0.3, -0.25) is 4.79 Å². The second-order valence-corrected chi connectivity index (χ2v) is 5.28. The Morgan fingerprint density at radius 1 is 1.35 bits per heavy atom. The van der Waals surface area contributed by atoms with Crippen molar-refractivity contribution in [2.24, 2.45) is 0 Å².